The zero-order chi connectivity index (χ0) is 20.3. The zero-order valence-electron chi connectivity index (χ0n) is 15.9. The summed E-state index contributed by atoms with van der Waals surface area (Å²) in [6.07, 6.45) is 5.73. The number of hydrogen-bond donors (Lipinski definition) is 1. The third kappa shape index (κ3) is 3.98. The fraction of sp³-hybridized carbons (Fsp3) is 0.429. The Bertz CT molecular complexity index is 832. The molecule has 1 fully saturated rings. The molecule has 28 heavy (non-hydrogen) atoms. The highest BCUT2D eigenvalue weighted by atomic mass is 16.5. The number of esters is 1. The van der Waals surface area contributed by atoms with Crippen molar-refractivity contribution in [1.82, 2.24) is 10.2 Å². The minimum Gasteiger partial charge on any atom is -0.452 e. The molecule has 1 aromatic rings. The molecule has 1 heterocycles. The van der Waals surface area contributed by atoms with Crippen LogP contribution in [-0.4, -0.2) is 47.8 Å². The van der Waals surface area contributed by atoms with Gasteiger partial charge < -0.3 is 10.1 Å². The number of rotatable bonds is 6. The molecule has 0 spiro atoms. The van der Waals surface area contributed by atoms with Gasteiger partial charge in [0.25, 0.3) is 17.7 Å². The molecule has 148 valence electrons. The molecule has 0 saturated heterocycles. The van der Waals surface area contributed by atoms with E-state index in [1.165, 1.54) is 30.7 Å². The number of nitrogens with zero attached hydrogens (tertiary/aromatic N) is 1. The van der Waals surface area contributed by atoms with Crippen molar-refractivity contribution in [1.29, 1.82) is 0 Å². The second-order valence-corrected chi connectivity index (χ2v) is 7.28. The number of carbonyl (C=O) groups excluding carboxylic acids is 4. The summed E-state index contributed by atoms with van der Waals surface area (Å²) in [6, 6.07) is 4.30. The van der Waals surface area contributed by atoms with Gasteiger partial charge in [0.15, 0.2) is 6.61 Å². The van der Waals surface area contributed by atoms with E-state index in [0.717, 1.165) is 24.2 Å². The Morgan fingerprint density at radius 2 is 1.93 bits per heavy atom. The second kappa shape index (κ2) is 8.37. The summed E-state index contributed by atoms with van der Waals surface area (Å²) in [5.74, 6) is -1.53. The van der Waals surface area contributed by atoms with Gasteiger partial charge in [-0.25, -0.2) is 4.79 Å². The van der Waals surface area contributed by atoms with E-state index in [9.17, 15) is 19.2 Å². The number of fused-ring (bicyclic) bond motifs is 1. The molecule has 7 heteroatoms. The van der Waals surface area contributed by atoms with E-state index >= 15 is 0 Å². The summed E-state index contributed by atoms with van der Waals surface area (Å²) in [5.41, 5.74) is 0.522. The monoisotopic (exact) mass is 384 g/mol. The average Bonchev–Trinajstić information content (AvgIpc) is 2.92. The molecular weight excluding hydrogens is 360 g/mol. The number of ether oxygens (including phenoxy) is 1. The van der Waals surface area contributed by atoms with Gasteiger partial charge in [0.05, 0.1) is 16.7 Å². The predicted molar refractivity (Wildman–Crippen MR) is 102 cm³/mol. The van der Waals surface area contributed by atoms with Crippen molar-refractivity contribution in [3.8, 4) is 0 Å². The molecule has 0 unspecified atom stereocenters. The first-order valence-corrected chi connectivity index (χ1v) is 9.50. The zero-order valence-corrected chi connectivity index (χ0v) is 15.9. The minimum absolute atomic E-state index is 0.103. The first-order chi connectivity index (χ1) is 13.4. The number of carbonyl (C=O) groups is 4. The van der Waals surface area contributed by atoms with Crippen LogP contribution in [0.25, 0.3) is 0 Å². The van der Waals surface area contributed by atoms with E-state index in [0.29, 0.717) is 5.92 Å². The lowest BCUT2D eigenvalue weighted by atomic mass is 9.86. The maximum Gasteiger partial charge on any atom is 0.338 e. The van der Waals surface area contributed by atoms with Crippen LogP contribution in [0.4, 0.5) is 0 Å². The van der Waals surface area contributed by atoms with Crippen LogP contribution in [0.15, 0.2) is 30.9 Å². The fourth-order valence-corrected chi connectivity index (χ4v) is 3.71. The normalized spacial score (nSPS) is 21.2. The Hall–Kier alpha value is -2.96. The molecule has 1 N–H and O–H groups in total. The first-order valence-electron chi connectivity index (χ1n) is 9.50. The van der Waals surface area contributed by atoms with Crippen LogP contribution in [0.5, 0.6) is 0 Å². The minimum atomic E-state index is -0.711. The lowest BCUT2D eigenvalue weighted by molar-refractivity contribution is -0.125. The van der Waals surface area contributed by atoms with Crippen LogP contribution in [0.3, 0.4) is 0 Å². The van der Waals surface area contributed by atoms with Gasteiger partial charge >= 0.3 is 5.97 Å². The van der Waals surface area contributed by atoms with Crippen LogP contribution in [-0.2, 0) is 9.53 Å². The lowest BCUT2D eigenvalue weighted by Gasteiger charge is -2.29. The summed E-state index contributed by atoms with van der Waals surface area (Å²) < 4.78 is 5.09. The Morgan fingerprint density at radius 1 is 1.21 bits per heavy atom. The fourth-order valence-electron chi connectivity index (χ4n) is 3.71. The van der Waals surface area contributed by atoms with Gasteiger partial charge in [-0.05, 0) is 37.0 Å². The highest BCUT2D eigenvalue weighted by Crippen LogP contribution is 2.25. The summed E-state index contributed by atoms with van der Waals surface area (Å²) in [7, 11) is 0. The molecule has 0 bridgehead atoms. The molecule has 0 aromatic heterocycles. The van der Waals surface area contributed by atoms with Crippen LogP contribution in [0.2, 0.25) is 0 Å². The van der Waals surface area contributed by atoms with E-state index < -0.39 is 17.8 Å². The first kappa shape index (κ1) is 19.8. The van der Waals surface area contributed by atoms with Crippen molar-refractivity contribution < 1.29 is 23.9 Å². The maximum atomic E-state index is 12.3. The van der Waals surface area contributed by atoms with Gasteiger partial charge in [-0.2, -0.15) is 0 Å². The van der Waals surface area contributed by atoms with Crippen LogP contribution in [0, 0.1) is 5.92 Å². The molecule has 3 amide bonds. The van der Waals surface area contributed by atoms with E-state index in [2.05, 4.69) is 18.8 Å². The van der Waals surface area contributed by atoms with Crippen LogP contribution in [0.1, 0.15) is 63.7 Å². The van der Waals surface area contributed by atoms with Gasteiger partial charge in [-0.15, -0.1) is 6.58 Å². The lowest BCUT2D eigenvalue weighted by Crippen LogP contribution is -2.42. The Kier molecular flexibility index (Phi) is 5.92. The smallest absolute Gasteiger partial charge is 0.338 e. The highest BCUT2D eigenvalue weighted by molar-refractivity contribution is 6.22. The van der Waals surface area contributed by atoms with Crippen LogP contribution < -0.4 is 5.32 Å². The van der Waals surface area contributed by atoms with Gasteiger partial charge in [-0.1, -0.05) is 25.8 Å². The summed E-state index contributed by atoms with van der Waals surface area (Å²) in [6.45, 7) is 5.36. The van der Waals surface area contributed by atoms with E-state index in [4.69, 9.17) is 4.74 Å². The molecule has 2 atom stereocenters. The van der Waals surface area contributed by atoms with Crippen molar-refractivity contribution in [2.45, 2.75) is 38.6 Å². The highest BCUT2D eigenvalue weighted by Gasteiger charge is 2.35. The molecule has 0 radical (unpaired) electrons. The number of nitrogens with one attached hydrogen (secondary N) is 1. The second-order valence-electron chi connectivity index (χ2n) is 7.28. The standard InChI is InChI=1S/C21H24N2O5/c1-3-10-23-19(25)15-9-8-14(11-16(15)20(23)26)21(27)28-12-18(24)22-17-7-5-4-6-13(17)2/h3,8-9,11,13,17H,1,4-7,10,12H2,2H3,(H,22,24)/t13-,17+/m0/s1. The summed E-state index contributed by atoms with van der Waals surface area (Å²) in [4.78, 5) is 49.9. The molecular formula is C21H24N2O5. The number of amides is 3. The Morgan fingerprint density at radius 3 is 2.64 bits per heavy atom. The van der Waals surface area contributed by atoms with Gasteiger partial charge in [0.1, 0.15) is 0 Å². The van der Waals surface area contributed by atoms with E-state index in [1.54, 1.807) is 0 Å². The predicted octanol–water partition coefficient (Wildman–Crippen LogP) is 2.32. The SMILES string of the molecule is C=CCN1C(=O)c2ccc(C(=O)OCC(=O)N[C@@H]3CCCC[C@@H]3C)cc2C1=O. The summed E-state index contributed by atoms with van der Waals surface area (Å²) >= 11 is 0. The Labute approximate surface area is 163 Å². The molecule has 1 aliphatic heterocycles. The van der Waals surface area contributed by atoms with E-state index in [-0.39, 0.29) is 41.8 Å². The summed E-state index contributed by atoms with van der Waals surface area (Å²) in [5, 5.41) is 2.92. The number of hydrogen-bond acceptors (Lipinski definition) is 5. The molecule has 1 aliphatic carbocycles. The quantitative estimate of drug-likeness (QED) is 0.462. The van der Waals surface area contributed by atoms with Crippen LogP contribution >= 0.6 is 0 Å². The largest absolute Gasteiger partial charge is 0.452 e. The van der Waals surface area contributed by atoms with E-state index in [1.807, 2.05) is 0 Å². The number of benzene rings is 1. The molecule has 2 aliphatic rings. The van der Waals surface area contributed by atoms with Crippen molar-refractivity contribution >= 4 is 23.7 Å². The maximum absolute atomic E-state index is 12.3. The number of imide groups is 1. The molecule has 7 nitrogen and oxygen atoms in total. The van der Waals surface area contributed by atoms with Crippen molar-refractivity contribution in [3.05, 3.63) is 47.5 Å². The average molecular weight is 384 g/mol. The van der Waals surface area contributed by atoms with Crippen molar-refractivity contribution in [3.63, 3.8) is 0 Å². The third-order valence-corrected chi connectivity index (χ3v) is 5.31. The van der Waals surface area contributed by atoms with Crippen molar-refractivity contribution in [2.75, 3.05) is 13.2 Å². The molecule has 1 aromatic carbocycles. The third-order valence-electron chi connectivity index (χ3n) is 5.31. The van der Waals surface area contributed by atoms with Gasteiger partial charge in [0.2, 0.25) is 0 Å². The molecule has 1 saturated carbocycles. The topological polar surface area (TPSA) is 92.8 Å². The molecule has 3 rings (SSSR count). The van der Waals surface area contributed by atoms with Gasteiger partial charge in [0, 0.05) is 12.6 Å². The van der Waals surface area contributed by atoms with Crippen molar-refractivity contribution in [2.24, 2.45) is 5.92 Å². The van der Waals surface area contributed by atoms with Gasteiger partial charge in [-0.3, -0.25) is 19.3 Å². The Balaban J connectivity index is 1.60.